The van der Waals surface area contributed by atoms with Gasteiger partial charge in [0.2, 0.25) is 0 Å². The van der Waals surface area contributed by atoms with Crippen LogP contribution in [0.1, 0.15) is 5.56 Å². The lowest BCUT2D eigenvalue weighted by atomic mass is 10.0. The van der Waals surface area contributed by atoms with E-state index >= 15 is 0 Å². The van der Waals surface area contributed by atoms with Crippen LogP contribution in [0, 0.1) is 9.02 Å². The minimum atomic E-state index is -4.36. The molecule has 0 bridgehead atoms. The monoisotopic (exact) mass is 290 g/mol. The van der Waals surface area contributed by atoms with E-state index in [2.05, 4.69) is 12.6 Å². The molecule has 6 heteroatoms. The van der Waals surface area contributed by atoms with Gasteiger partial charge in [0.25, 0.3) is 0 Å². The Hall–Kier alpha value is -0.720. The molecule has 0 aliphatic rings. The van der Waals surface area contributed by atoms with Crippen molar-refractivity contribution in [2.45, 2.75) is 11.1 Å². The van der Waals surface area contributed by atoms with Gasteiger partial charge in [-0.15, -0.1) is 12.6 Å². The van der Waals surface area contributed by atoms with Gasteiger partial charge in [-0.1, -0.05) is 36.6 Å². The van der Waals surface area contributed by atoms with E-state index in [0.29, 0.717) is 25.0 Å². The molecule has 17 heavy (non-hydrogen) atoms. The Balaban J connectivity index is 2.57. The Bertz CT molecular complexity index is 649. The van der Waals surface area contributed by atoms with Gasteiger partial charge in [-0.2, -0.15) is 13.2 Å². The Labute approximate surface area is 111 Å². The van der Waals surface area contributed by atoms with Crippen molar-refractivity contribution in [3.63, 3.8) is 0 Å². The average molecular weight is 290 g/mol. The fraction of sp³-hybridized carbons (Fsp3) is 0.0909. The van der Waals surface area contributed by atoms with E-state index in [0.717, 1.165) is 12.1 Å². The van der Waals surface area contributed by atoms with Crippen molar-refractivity contribution in [1.82, 2.24) is 0 Å². The van der Waals surface area contributed by atoms with Gasteiger partial charge in [-0.05, 0) is 17.7 Å². The van der Waals surface area contributed by atoms with Crippen LogP contribution in [-0.2, 0) is 6.18 Å². The van der Waals surface area contributed by atoms with Crippen molar-refractivity contribution >= 4 is 37.1 Å². The quantitative estimate of drug-likeness (QED) is 0.580. The van der Waals surface area contributed by atoms with Crippen molar-refractivity contribution in [3.8, 4) is 11.1 Å². The lowest BCUT2D eigenvalue weighted by molar-refractivity contribution is -0.137. The van der Waals surface area contributed by atoms with Crippen LogP contribution in [0.2, 0.25) is 0 Å². The first kappa shape index (κ1) is 12.7. The second kappa shape index (κ2) is 4.19. The Kier molecular flexibility index (Phi) is 3.14. The SMILES string of the molecule is FC(F)(F)c1cccc(-c2c(S)c(=S)c2=S)c1. The van der Waals surface area contributed by atoms with Crippen LogP contribution < -0.4 is 0 Å². The maximum absolute atomic E-state index is 12.5. The van der Waals surface area contributed by atoms with Gasteiger partial charge in [0.15, 0.2) is 0 Å². The largest absolute Gasteiger partial charge is 0.416 e. The molecular weight excluding hydrogens is 285 g/mol. The zero-order chi connectivity index (χ0) is 12.8. The van der Waals surface area contributed by atoms with Crippen LogP contribution in [0.3, 0.4) is 0 Å². The van der Waals surface area contributed by atoms with Crippen LogP contribution in [-0.4, -0.2) is 0 Å². The summed E-state index contributed by atoms with van der Waals surface area (Å²) in [5.41, 5.74) is 0.229. The van der Waals surface area contributed by atoms with E-state index in [9.17, 15) is 13.2 Å². The van der Waals surface area contributed by atoms with Crippen molar-refractivity contribution in [1.29, 1.82) is 0 Å². The number of hydrogen-bond acceptors (Lipinski definition) is 3. The van der Waals surface area contributed by atoms with E-state index in [4.69, 9.17) is 24.4 Å². The van der Waals surface area contributed by atoms with Gasteiger partial charge >= 0.3 is 6.18 Å². The molecular formula is C11H5F3S3. The van der Waals surface area contributed by atoms with Gasteiger partial charge in [-0.25, -0.2) is 0 Å². The molecule has 0 aliphatic carbocycles. The molecule has 0 unspecified atom stereocenters. The van der Waals surface area contributed by atoms with Crippen LogP contribution in [0.5, 0.6) is 0 Å². The second-order valence-electron chi connectivity index (χ2n) is 3.46. The Morgan fingerprint density at radius 1 is 1.06 bits per heavy atom. The number of thiol groups is 1. The first-order valence-electron chi connectivity index (χ1n) is 4.52. The fourth-order valence-electron chi connectivity index (χ4n) is 1.50. The molecule has 0 atom stereocenters. The van der Waals surface area contributed by atoms with Crippen molar-refractivity contribution in [3.05, 3.63) is 38.8 Å². The predicted molar refractivity (Wildman–Crippen MR) is 68.2 cm³/mol. The summed E-state index contributed by atoms with van der Waals surface area (Å²) in [5, 5.41) is 0. The number of hydrogen-bond donors (Lipinski definition) is 1. The van der Waals surface area contributed by atoms with E-state index in [1.807, 2.05) is 0 Å². The van der Waals surface area contributed by atoms with Crippen molar-refractivity contribution in [2.75, 3.05) is 0 Å². The third kappa shape index (κ3) is 2.17. The highest BCUT2D eigenvalue weighted by Gasteiger charge is 2.30. The number of benzene rings is 1. The molecule has 0 nitrogen and oxygen atoms in total. The molecule has 0 heterocycles. The van der Waals surface area contributed by atoms with Gasteiger partial charge in [0, 0.05) is 10.5 Å². The summed E-state index contributed by atoms with van der Waals surface area (Å²) in [6.07, 6.45) is -4.36. The van der Waals surface area contributed by atoms with Crippen LogP contribution in [0.4, 0.5) is 13.2 Å². The molecule has 2 rings (SSSR count). The van der Waals surface area contributed by atoms with Gasteiger partial charge in [0.05, 0.1) is 14.6 Å². The van der Waals surface area contributed by atoms with Gasteiger partial charge in [0.1, 0.15) is 0 Å². The number of halogens is 3. The fourth-order valence-corrected chi connectivity index (χ4v) is 2.53. The normalized spacial score (nSPS) is 12.0. The summed E-state index contributed by atoms with van der Waals surface area (Å²) in [6.45, 7) is 0. The van der Waals surface area contributed by atoms with E-state index in [1.165, 1.54) is 6.07 Å². The lowest BCUT2D eigenvalue weighted by Crippen LogP contribution is -2.04. The second-order valence-corrected chi connectivity index (χ2v) is 4.72. The number of rotatable bonds is 1. The maximum atomic E-state index is 12.5. The molecule has 88 valence electrons. The molecule has 2 aromatic rings. The van der Waals surface area contributed by atoms with Crippen molar-refractivity contribution in [2.24, 2.45) is 0 Å². The molecule has 0 aromatic heterocycles. The zero-order valence-corrected chi connectivity index (χ0v) is 10.7. The lowest BCUT2D eigenvalue weighted by Gasteiger charge is -2.12. The third-order valence-corrected chi connectivity index (χ3v) is 3.91. The standard InChI is InChI=1S/C11H5F3S3/c12-11(13,14)6-3-1-2-5(4-6)7-8(15)10(17)9(7)16/h1-4,15H. The van der Waals surface area contributed by atoms with Crippen LogP contribution in [0.15, 0.2) is 29.2 Å². The van der Waals surface area contributed by atoms with Gasteiger partial charge in [-0.3, -0.25) is 0 Å². The van der Waals surface area contributed by atoms with E-state index < -0.39 is 11.7 Å². The molecule has 0 amide bonds. The smallest absolute Gasteiger partial charge is 0.166 e. The minimum Gasteiger partial charge on any atom is -0.166 e. The third-order valence-electron chi connectivity index (χ3n) is 2.36. The highest BCUT2D eigenvalue weighted by Crippen LogP contribution is 2.37. The summed E-state index contributed by atoms with van der Waals surface area (Å²) < 4.78 is 38.4. The molecule has 0 aliphatic heterocycles. The summed E-state index contributed by atoms with van der Waals surface area (Å²) in [5.74, 6) is 0. The molecule has 0 radical (unpaired) electrons. The molecule has 0 saturated carbocycles. The first-order valence-corrected chi connectivity index (χ1v) is 5.78. The van der Waals surface area contributed by atoms with Crippen molar-refractivity contribution < 1.29 is 13.2 Å². The van der Waals surface area contributed by atoms with Crippen LogP contribution in [0.25, 0.3) is 11.1 Å². The van der Waals surface area contributed by atoms with Gasteiger partial charge < -0.3 is 0 Å². The summed E-state index contributed by atoms with van der Waals surface area (Å²) >= 11 is 14.0. The highest BCUT2D eigenvalue weighted by atomic mass is 32.1. The number of alkyl halides is 3. The predicted octanol–water partition coefficient (Wildman–Crippen LogP) is 5.00. The summed E-state index contributed by atoms with van der Waals surface area (Å²) in [7, 11) is 0. The van der Waals surface area contributed by atoms with E-state index in [-0.39, 0.29) is 0 Å². The molecule has 0 N–H and O–H groups in total. The zero-order valence-electron chi connectivity index (χ0n) is 8.21. The van der Waals surface area contributed by atoms with E-state index in [1.54, 1.807) is 6.07 Å². The molecule has 0 fully saturated rings. The molecule has 2 aromatic carbocycles. The molecule has 0 spiro atoms. The maximum Gasteiger partial charge on any atom is 0.416 e. The molecule has 0 saturated heterocycles. The average Bonchev–Trinajstić information content (AvgIpc) is 2.28. The summed E-state index contributed by atoms with van der Waals surface area (Å²) in [4.78, 5) is 0.490. The first-order chi connectivity index (χ1) is 7.82. The highest BCUT2D eigenvalue weighted by molar-refractivity contribution is 7.81. The Morgan fingerprint density at radius 3 is 2.24 bits per heavy atom. The summed E-state index contributed by atoms with van der Waals surface area (Å²) in [6, 6.07) is 4.98. The van der Waals surface area contributed by atoms with Crippen LogP contribution >= 0.6 is 37.1 Å². The Morgan fingerprint density at radius 2 is 1.71 bits per heavy atom. The minimum absolute atomic E-state index is 0.406. The topological polar surface area (TPSA) is 0 Å².